The highest BCUT2D eigenvalue weighted by molar-refractivity contribution is 6.15. The molecule has 0 aliphatic heterocycles. The van der Waals surface area contributed by atoms with E-state index in [-0.39, 0.29) is 5.91 Å². The Morgan fingerprint density at radius 2 is 1.76 bits per heavy atom. The number of hydrogen-bond acceptors (Lipinski definition) is 4. The van der Waals surface area contributed by atoms with Crippen molar-refractivity contribution in [3.05, 3.63) is 66.2 Å². The number of anilines is 2. The molecule has 1 N–H and O–H groups in total. The summed E-state index contributed by atoms with van der Waals surface area (Å²) in [5.74, 6) is 0.220. The summed E-state index contributed by atoms with van der Waals surface area (Å²) in [7, 11) is 3.89. The minimum atomic E-state index is -0.208. The van der Waals surface area contributed by atoms with Crippen LogP contribution in [0.25, 0.3) is 21.7 Å². The Morgan fingerprint density at radius 1 is 1.00 bits per heavy atom. The molecule has 0 radical (unpaired) electrons. The molecule has 0 saturated carbocycles. The maximum Gasteiger partial charge on any atom is 0.257 e. The van der Waals surface area contributed by atoms with E-state index in [1.54, 1.807) is 0 Å². The van der Waals surface area contributed by atoms with E-state index in [0.717, 1.165) is 21.8 Å². The molecule has 1 heterocycles. The fourth-order valence-electron chi connectivity index (χ4n) is 3.03. The van der Waals surface area contributed by atoms with E-state index in [1.807, 2.05) is 79.7 Å². The molecule has 4 aromatic rings. The summed E-state index contributed by atoms with van der Waals surface area (Å²) in [6.45, 7) is 0. The van der Waals surface area contributed by atoms with Crippen LogP contribution in [0.5, 0.6) is 0 Å². The van der Waals surface area contributed by atoms with Gasteiger partial charge in [-0.25, -0.2) is 0 Å². The molecule has 1 amide bonds. The zero-order chi connectivity index (χ0) is 17.4. The monoisotopic (exact) mass is 331 g/mol. The van der Waals surface area contributed by atoms with Crippen LogP contribution >= 0.6 is 0 Å². The lowest BCUT2D eigenvalue weighted by Crippen LogP contribution is -2.14. The lowest BCUT2D eigenvalue weighted by Gasteiger charge is -2.13. The first kappa shape index (κ1) is 15.2. The molecular formula is C20H17N3O2. The Bertz CT molecular complexity index is 1080. The van der Waals surface area contributed by atoms with E-state index >= 15 is 0 Å². The lowest BCUT2D eigenvalue weighted by atomic mass is 10.0. The van der Waals surface area contributed by atoms with Crippen LogP contribution in [0.2, 0.25) is 0 Å². The summed E-state index contributed by atoms with van der Waals surface area (Å²) in [6, 6.07) is 19.2. The highest BCUT2D eigenvalue weighted by Gasteiger charge is 2.17. The highest BCUT2D eigenvalue weighted by Crippen LogP contribution is 2.32. The van der Waals surface area contributed by atoms with E-state index in [0.29, 0.717) is 17.0 Å². The first-order valence-electron chi connectivity index (χ1n) is 8.00. The van der Waals surface area contributed by atoms with Crippen LogP contribution in [-0.2, 0) is 0 Å². The summed E-state index contributed by atoms with van der Waals surface area (Å²) >= 11 is 0. The predicted octanol–water partition coefficient (Wildman–Crippen LogP) is 4.30. The van der Waals surface area contributed by atoms with Crippen LogP contribution in [-0.4, -0.2) is 25.2 Å². The summed E-state index contributed by atoms with van der Waals surface area (Å²) in [5.41, 5.74) is 2.18. The second-order valence-electron chi connectivity index (χ2n) is 6.06. The first-order chi connectivity index (χ1) is 12.1. The van der Waals surface area contributed by atoms with Crippen molar-refractivity contribution < 1.29 is 9.32 Å². The minimum Gasteiger partial charge on any atom is -0.377 e. The van der Waals surface area contributed by atoms with Gasteiger partial charge in [0, 0.05) is 19.7 Å². The number of carbonyl (C=O) groups is 1. The maximum atomic E-state index is 12.8. The number of carbonyl (C=O) groups excluding carboxylic acids is 1. The predicted molar refractivity (Wildman–Crippen MR) is 100 cm³/mol. The normalized spacial score (nSPS) is 11.0. The molecule has 0 unspecified atom stereocenters. The molecule has 5 nitrogen and oxygen atoms in total. The lowest BCUT2D eigenvalue weighted by molar-refractivity contribution is 0.102. The van der Waals surface area contributed by atoms with Gasteiger partial charge >= 0.3 is 0 Å². The molecule has 124 valence electrons. The van der Waals surface area contributed by atoms with Crippen molar-refractivity contribution >= 4 is 39.2 Å². The number of rotatable bonds is 3. The zero-order valence-electron chi connectivity index (χ0n) is 14.0. The van der Waals surface area contributed by atoms with Gasteiger partial charge in [0.15, 0.2) is 11.4 Å². The molecule has 0 aliphatic carbocycles. The van der Waals surface area contributed by atoms with Crippen molar-refractivity contribution in [2.75, 3.05) is 24.3 Å². The van der Waals surface area contributed by atoms with Gasteiger partial charge in [0.2, 0.25) is 0 Å². The van der Waals surface area contributed by atoms with Gasteiger partial charge in [-0.1, -0.05) is 47.6 Å². The van der Waals surface area contributed by atoms with Crippen LogP contribution in [0.3, 0.4) is 0 Å². The number of amides is 1. The third-order valence-electron chi connectivity index (χ3n) is 4.22. The Balaban J connectivity index is 1.78. The Kier molecular flexibility index (Phi) is 3.61. The standard InChI is InChI=1S/C20H17N3O2/c1-23(2)16-11-6-12-17-18(16)19(22-25-17)21-20(24)15-10-5-8-13-7-3-4-9-14(13)15/h3-12H,1-2H3,(H,21,22,24). The number of hydrogen-bond donors (Lipinski definition) is 1. The second kappa shape index (κ2) is 5.94. The average molecular weight is 331 g/mol. The van der Waals surface area contributed by atoms with Crippen molar-refractivity contribution in [3.8, 4) is 0 Å². The molecule has 3 aromatic carbocycles. The van der Waals surface area contributed by atoms with Crippen molar-refractivity contribution in [3.63, 3.8) is 0 Å². The molecule has 5 heteroatoms. The van der Waals surface area contributed by atoms with Gasteiger partial charge < -0.3 is 14.7 Å². The summed E-state index contributed by atoms with van der Waals surface area (Å²) in [5, 5.41) is 9.67. The summed E-state index contributed by atoms with van der Waals surface area (Å²) in [4.78, 5) is 14.8. The van der Waals surface area contributed by atoms with Crippen LogP contribution < -0.4 is 10.2 Å². The van der Waals surface area contributed by atoms with E-state index in [4.69, 9.17) is 4.52 Å². The second-order valence-corrected chi connectivity index (χ2v) is 6.06. The zero-order valence-corrected chi connectivity index (χ0v) is 14.0. The smallest absolute Gasteiger partial charge is 0.257 e. The maximum absolute atomic E-state index is 12.8. The van der Waals surface area contributed by atoms with Gasteiger partial charge in [-0.2, -0.15) is 0 Å². The molecule has 4 rings (SSSR count). The van der Waals surface area contributed by atoms with E-state index in [1.165, 1.54) is 0 Å². The quantitative estimate of drug-likeness (QED) is 0.608. The molecule has 25 heavy (non-hydrogen) atoms. The topological polar surface area (TPSA) is 58.4 Å². The molecule has 1 aromatic heterocycles. The number of fused-ring (bicyclic) bond motifs is 2. The van der Waals surface area contributed by atoms with Crippen molar-refractivity contribution in [1.29, 1.82) is 0 Å². The van der Waals surface area contributed by atoms with E-state index < -0.39 is 0 Å². The SMILES string of the molecule is CN(C)c1cccc2onc(NC(=O)c3cccc4ccccc34)c12. The molecule has 0 saturated heterocycles. The minimum absolute atomic E-state index is 0.208. The highest BCUT2D eigenvalue weighted by atomic mass is 16.5. The van der Waals surface area contributed by atoms with Gasteiger partial charge in [0.05, 0.1) is 11.1 Å². The molecule has 0 spiro atoms. The number of aromatic nitrogens is 1. The van der Waals surface area contributed by atoms with Gasteiger partial charge in [-0.3, -0.25) is 4.79 Å². The average Bonchev–Trinajstić information content (AvgIpc) is 3.04. The Morgan fingerprint density at radius 3 is 2.60 bits per heavy atom. The van der Waals surface area contributed by atoms with Gasteiger partial charge in [0.1, 0.15) is 0 Å². The van der Waals surface area contributed by atoms with Gasteiger partial charge in [-0.05, 0) is 29.0 Å². The van der Waals surface area contributed by atoms with Crippen molar-refractivity contribution in [1.82, 2.24) is 5.16 Å². The van der Waals surface area contributed by atoms with Crippen molar-refractivity contribution in [2.45, 2.75) is 0 Å². The molecular weight excluding hydrogens is 314 g/mol. The molecule has 0 aliphatic rings. The fourth-order valence-corrected chi connectivity index (χ4v) is 3.03. The number of nitrogens with zero attached hydrogens (tertiary/aromatic N) is 2. The third kappa shape index (κ3) is 2.59. The number of nitrogens with one attached hydrogen (secondary N) is 1. The number of benzene rings is 3. The third-order valence-corrected chi connectivity index (χ3v) is 4.22. The molecule has 0 atom stereocenters. The summed E-state index contributed by atoms with van der Waals surface area (Å²) in [6.07, 6.45) is 0. The molecule has 0 fully saturated rings. The Labute approximate surface area is 144 Å². The first-order valence-corrected chi connectivity index (χ1v) is 8.00. The van der Waals surface area contributed by atoms with Gasteiger partial charge in [-0.15, -0.1) is 0 Å². The molecule has 0 bridgehead atoms. The Hall–Kier alpha value is -3.34. The largest absolute Gasteiger partial charge is 0.377 e. The fraction of sp³-hybridized carbons (Fsp3) is 0.100. The van der Waals surface area contributed by atoms with Crippen LogP contribution in [0, 0.1) is 0 Å². The van der Waals surface area contributed by atoms with E-state index in [2.05, 4.69) is 10.5 Å². The van der Waals surface area contributed by atoms with Gasteiger partial charge in [0.25, 0.3) is 5.91 Å². The van der Waals surface area contributed by atoms with Crippen LogP contribution in [0.15, 0.2) is 65.2 Å². The van der Waals surface area contributed by atoms with E-state index in [9.17, 15) is 4.79 Å². The van der Waals surface area contributed by atoms with Crippen LogP contribution in [0.1, 0.15) is 10.4 Å². The van der Waals surface area contributed by atoms with Crippen molar-refractivity contribution in [2.24, 2.45) is 0 Å². The summed E-state index contributed by atoms with van der Waals surface area (Å²) < 4.78 is 5.37. The van der Waals surface area contributed by atoms with Crippen LogP contribution in [0.4, 0.5) is 11.5 Å².